The summed E-state index contributed by atoms with van der Waals surface area (Å²) >= 11 is 0. The van der Waals surface area contributed by atoms with E-state index in [1.165, 1.54) is 12.1 Å². The lowest BCUT2D eigenvalue weighted by Crippen LogP contribution is -2.48. The van der Waals surface area contributed by atoms with E-state index in [1.54, 1.807) is 30.7 Å². The zero-order valence-corrected chi connectivity index (χ0v) is 13.1. The molecule has 1 saturated heterocycles. The van der Waals surface area contributed by atoms with Gasteiger partial charge >= 0.3 is 5.97 Å². The van der Waals surface area contributed by atoms with E-state index in [-0.39, 0.29) is 23.1 Å². The van der Waals surface area contributed by atoms with Crippen LogP contribution in [0.1, 0.15) is 33.6 Å². The molecule has 1 aliphatic rings. The van der Waals surface area contributed by atoms with Gasteiger partial charge in [0.1, 0.15) is 5.82 Å². The molecular formula is C17H18N4O3. The third-order valence-electron chi connectivity index (χ3n) is 4.03. The smallest absolute Gasteiger partial charge is 0.336 e. The molecule has 2 heterocycles. The highest BCUT2D eigenvalue weighted by atomic mass is 16.4. The highest BCUT2D eigenvalue weighted by Crippen LogP contribution is 2.17. The van der Waals surface area contributed by atoms with Crippen molar-refractivity contribution in [3.05, 3.63) is 54.0 Å². The molecule has 24 heavy (non-hydrogen) atoms. The van der Waals surface area contributed by atoms with Crippen molar-refractivity contribution in [2.75, 3.05) is 18.0 Å². The Kier molecular flexibility index (Phi) is 4.69. The molecule has 0 unspecified atom stereocenters. The van der Waals surface area contributed by atoms with Crippen LogP contribution in [0.15, 0.2) is 42.9 Å². The Hall–Kier alpha value is -2.96. The standard InChI is InChI=1S/C17H18N4O3/c22-16(13-5-1-2-6-14(13)17(23)24)20-12-4-3-9-21(11-12)15-10-18-7-8-19-15/h1-2,5-8,10,12H,3-4,9,11H2,(H,20,22)(H,23,24)/t12-/m1/s1. The number of carboxylic acids is 1. The van der Waals surface area contributed by atoms with Crippen LogP contribution >= 0.6 is 0 Å². The fraction of sp³-hybridized carbons (Fsp3) is 0.294. The zero-order chi connectivity index (χ0) is 16.9. The van der Waals surface area contributed by atoms with Crippen LogP contribution in [0.5, 0.6) is 0 Å². The van der Waals surface area contributed by atoms with Crippen molar-refractivity contribution in [3.63, 3.8) is 0 Å². The Bertz CT molecular complexity index is 736. The second-order valence-electron chi connectivity index (χ2n) is 5.67. The van der Waals surface area contributed by atoms with Crippen molar-refractivity contribution in [1.29, 1.82) is 0 Å². The fourth-order valence-corrected chi connectivity index (χ4v) is 2.89. The number of carbonyl (C=O) groups is 2. The molecule has 0 saturated carbocycles. The van der Waals surface area contributed by atoms with E-state index in [0.29, 0.717) is 6.54 Å². The molecule has 1 aliphatic heterocycles. The first-order valence-corrected chi connectivity index (χ1v) is 7.79. The fourth-order valence-electron chi connectivity index (χ4n) is 2.89. The van der Waals surface area contributed by atoms with Gasteiger partial charge in [-0.25, -0.2) is 9.78 Å². The topological polar surface area (TPSA) is 95.4 Å². The van der Waals surface area contributed by atoms with Crippen LogP contribution in [0.3, 0.4) is 0 Å². The summed E-state index contributed by atoms with van der Waals surface area (Å²) < 4.78 is 0. The molecule has 0 bridgehead atoms. The number of aromatic carboxylic acids is 1. The minimum atomic E-state index is -1.11. The maximum Gasteiger partial charge on any atom is 0.336 e. The van der Waals surface area contributed by atoms with Gasteiger partial charge in [0.05, 0.1) is 17.3 Å². The van der Waals surface area contributed by atoms with E-state index in [2.05, 4.69) is 20.2 Å². The first-order chi connectivity index (χ1) is 11.6. The number of nitrogens with one attached hydrogen (secondary N) is 1. The number of aromatic nitrogens is 2. The van der Waals surface area contributed by atoms with Crippen LogP contribution in [-0.4, -0.2) is 46.1 Å². The largest absolute Gasteiger partial charge is 0.478 e. The Morgan fingerprint density at radius 3 is 2.71 bits per heavy atom. The predicted molar refractivity (Wildman–Crippen MR) is 88.1 cm³/mol. The van der Waals surface area contributed by atoms with E-state index >= 15 is 0 Å². The zero-order valence-electron chi connectivity index (χ0n) is 13.1. The van der Waals surface area contributed by atoms with Crippen molar-refractivity contribution in [2.45, 2.75) is 18.9 Å². The van der Waals surface area contributed by atoms with E-state index in [0.717, 1.165) is 25.2 Å². The van der Waals surface area contributed by atoms with Crippen LogP contribution in [0.4, 0.5) is 5.82 Å². The molecule has 124 valence electrons. The van der Waals surface area contributed by atoms with Crippen molar-refractivity contribution in [1.82, 2.24) is 15.3 Å². The number of carbonyl (C=O) groups excluding carboxylic acids is 1. The summed E-state index contributed by atoms with van der Waals surface area (Å²) in [7, 11) is 0. The van der Waals surface area contributed by atoms with E-state index in [4.69, 9.17) is 0 Å². The van der Waals surface area contributed by atoms with Crippen molar-refractivity contribution in [3.8, 4) is 0 Å². The molecule has 7 heteroatoms. The number of nitrogens with zero attached hydrogens (tertiary/aromatic N) is 3. The van der Waals surface area contributed by atoms with Gasteiger partial charge in [0, 0.05) is 31.5 Å². The van der Waals surface area contributed by atoms with Gasteiger partial charge in [-0.2, -0.15) is 0 Å². The van der Waals surface area contributed by atoms with Gasteiger partial charge in [-0.15, -0.1) is 0 Å². The van der Waals surface area contributed by atoms with E-state index in [9.17, 15) is 14.7 Å². The highest BCUT2D eigenvalue weighted by Gasteiger charge is 2.24. The van der Waals surface area contributed by atoms with Crippen molar-refractivity contribution < 1.29 is 14.7 Å². The van der Waals surface area contributed by atoms with Gasteiger partial charge in [0.25, 0.3) is 5.91 Å². The summed E-state index contributed by atoms with van der Waals surface area (Å²) in [6.45, 7) is 1.48. The van der Waals surface area contributed by atoms with Crippen LogP contribution in [-0.2, 0) is 0 Å². The predicted octanol–water partition coefficient (Wildman–Crippen LogP) is 1.57. The number of rotatable bonds is 4. The third kappa shape index (κ3) is 3.51. The van der Waals surface area contributed by atoms with Crippen LogP contribution in [0.25, 0.3) is 0 Å². The molecule has 1 fully saturated rings. The lowest BCUT2D eigenvalue weighted by Gasteiger charge is -2.33. The number of hydrogen-bond donors (Lipinski definition) is 2. The molecule has 0 aliphatic carbocycles. The summed E-state index contributed by atoms with van der Waals surface area (Å²) in [5.74, 6) is -0.688. The summed E-state index contributed by atoms with van der Waals surface area (Å²) in [5.41, 5.74) is 0.193. The second kappa shape index (κ2) is 7.08. The summed E-state index contributed by atoms with van der Waals surface area (Å²) in [6, 6.07) is 6.17. The summed E-state index contributed by atoms with van der Waals surface area (Å²) in [6.07, 6.45) is 6.72. The quantitative estimate of drug-likeness (QED) is 0.885. The van der Waals surface area contributed by atoms with Gasteiger partial charge in [-0.05, 0) is 25.0 Å². The highest BCUT2D eigenvalue weighted by molar-refractivity contribution is 6.04. The first-order valence-electron chi connectivity index (χ1n) is 7.79. The minimum absolute atomic E-state index is 0.0107. The lowest BCUT2D eigenvalue weighted by atomic mass is 10.0. The van der Waals surface area contributed by atoms with Crippen molar-refractivity contribution >= 4 is 17.7 Å². The number of hydrogen-bond acceptors (Lipinski definition) is 5. The minimum Gasteiger partial charge on any atom is -0.478 e. The molecular weight excluding hydrogens is 308 g/mol. The molecule has 1 aromatic carbocycles. The number of amides is 1. The molecule has 0 radical (unpaired) electrons. The van der Waals surface area contributed by atoms with Gasteiger partial charge in [0.2, 0.25) is 0 Å². The Morgan fingerprint density at radius 2 is 2.00 bits per heavy atom. The number of benzene rings is 1. The second-order valence-corrected chi connectivity index (χ2v) is 5.67. The van der Waals surface area contributed by atoms with Gasteiger partial charge in [-0.1, -0.05) is 12.1 Å². The van der Waals surface area contributed by atoms with Gasteiger partial charge in [0.15, 0.2) is 0 Å². The average molecular weight is 326 g/mol. The molecule has 2 aromatic rings. The first kappa shape index (κ1) is 15.9. The number of piperidine rings is 1. The molecule has 0 spiro atoms. The number of carboxylic acid groups (broad SMARTS) is 1. The van der Waals surface area contributed by atoms with Crippen LogP contribution in [0, 0.1) is 0 Å². The van der Waals surface area contributed by atoms with E-state index < -0.39 is 5.97 Å². The molecule has 1 aromatic heterocycles. The molecule has 2 N–H and O–H groups in total. The normalized spacial score (nSPS) is 17.3. The van der Waals surface area contributed by atoms with E-state index in [1.807, 2.05) is 0 Å². The third-order valence-corrected chi connectivity index (χ3v) is 4.03. The molecule has 7 nitrogen and oxygen atoms in total. The monoisotopic (exact) mass is 326 g/mol. The molecule has 3 rings (SSSR count). The maximum atomic E-state index is 12.5. The van der Waals surface area contributed by atoms with Crippen LogP contribution < -0.4 is 10.2 Å². The van der Waals surface area contributed by atoms with Crippen LogP contribution in [0.2, 0.25) is 0 Å². The Labute approximate surface area is 139 Å². The van der Waals surface area contributed by atoms with Crippen molar-refractivity contribution in [2.24, 2.45) is 0 Å². The maximum absolute atomic E-state index is 12.5. The SMILES string of the molecule is O=C(O)c1ccccc1C(=O)N[C@@H]1CCCN(c2cnccn2)C1. The average Bonchev–Trinajstić information content (AvgIpc) is 2.62. The Morgan fingerprint density at radius 1 is 1.21 bits per heavy atom. The molecule has 1 atom stereocenters. The summed E-state index contributed by atoms with van der Waals surface area (Å²) in [5, 5.41) is 12.1. The van der Waals surface area contributed by atoms with Gasteiger partial charge in [-0.3, -0.25) is 9.78 Å². The summed E-state index contributed by atoms with van der Waals surface area (Å²) in [4.78, 5) is 34.1. The number of anilines is 1. The lowest BCUT2D eigenvalue weighted by molar-refractivity contribution is 0.0690. The Balaban J connectivity index is 1.70. The molecule has 1 amide bonds. The van der Waals surface area contributed by atoms with Gasteiger partial charge < -0.3 is 15.3 Å².